The Balaban J connectivity index is 1.60. The van der Waals surface area contributed by atoms with E-state index in [1.165, 1.54) is 4.57 Å². The van der Waals surface area contributed by atoms with Crippen molar-refractivity contribution in [3.05, 3.63) is 82.0 Å². The average molecular weight is 429 g/mol. The molecule has 0 aliphatic rings. The smallest absolute Gasteiger partial charge is 0.329 e. The van der Waals surface area contributed by atoms with Gasteiger partial charge in [0.2, 0.25) is 0 Å². The van der Waals surface area contributed by atoms with Gasteiger partial charge in [-0.1, -0.05) is 37.3 Å². The molecule has 0 spiro atoms. The molecule has 0 amide bonds. The average Bonchev–Trinajstić information content (AvgIpc) is 3.27. The number of hydrogen-bond donors (Lipinski definition) is 0. The predicted molar refractivity (Wildman–Crippen MR) is 119 cm³/mol. The van der Waals surface area contributed by atoms with E-state index in [0.717, 1.165) is 17.6 Å². The lowest BCUT2D eigenvalue weighted by Gasteiger charge is -2.09. The van der Waals surface area contributed by atoms with Gasteiger partial charge in [-0.05, 0) is 37.6 Å². The Morgan fingerprint density at radius 3 is 2.38 bits per heavy atom. The van der Waals surface area contributed by atoms with Crippen molar-refractivity contribution < 1.29 is 9.53 Å². The maximum atomic E-state index is 12.9. The van der Waals surface area contributed by atoms with Crippen LogP contribution in [0.5, 0.6) is 0 Å². The summed E-state index contributed by atoms with van der Waals surface area (Å²) in [6.45, 7) is 3.97. The molecule has 0 saturated carbocycles. The maximum absolute atomic E-state index is 12.9. The number of benzene rings is 2. The Kier molecular flexibility index (Phi) is 5.90. The quantitative estimate of drug-likeness (QED) is 0.420. The maximum Gasteiger partial charge on any atom is 0.329 e. The van der Waals surface area contributed by atoms with Crippen molar-refractivity contribution in [2.75, 3.05) is 0 Å². The summed E-state index contributed by atoms with van der Waals surface area (Å²) in [6, 6.07) is 18.9. The van der Waals surface area contributed by atoms with Crippen LogP contribution in [-0.4, -0.2) is 24.9 Å². The van der Waals surface area contributed by atoms with Gasteiger partial charge in [0, 0.05) is 6.54 Å². The molecule has 162 valence electrons. The molecule has 2 aromatic carbocycles. The van der Waals surface area contributed by atoms with Crippen molar-refractivity contribution in [2.45, 2.75) is 40.0 Å². The number of rotatable bonds is 7. The third-order valence-corrected chi connectivity index (χ3v) is 5.30. The Hall–Kier alpha value is -4.12. The van der Waals surface area contributed by atoms with E-state index in [1.54, 1.807) is 16.2 Å². The number of imidazole rings is 1. The van der Waals surface area contributed by atoms with Gasteiger partial charge >= 0.3 is 11.7 Å². The van der Waals surface area contributed by atoms with Crippen LogP contribution in [0.15, 0.2) is 59.4 Å². The first-order valence-corrected chi connectivity index (χ1v) is 10.4. The molecule has 8 nitrogen and oxygen atoms in total. The van der Waals surface area contributed by atoms with Gasteiger partial charge in [0.1, 0.15) is 24.8 Å². The summed E-state index contributed by atoms with van der Waals surface area (Å²) in [4.78, 5) is 25.6. The summed E-state index contributed by atoms with van der Waals surface area (Å²) in [7, 11) is 0. The van der Waals surface area contributed by atoms with Crippen molar-refractivity contribution in [3.8, 4) is 11.8 Å². The molecule has 0 radical (unpaired) electrons. The molecule has 0 aliphatic heterocycles. The van der Waals surface area contributed by atoms with E-state index in [-0.39, 0.29) is 18.8 Å². The van der Waals surface area contributed by atoms with Crippen LogP contribution in [0.2, 0.25) is 0 Å². The molecule has 0 aliphatic carbocycles. The number of esters is 1. The zero-order chi connectivity index (χ0) is 22.7. The van der Waals surface area contributed by atoms with Crippen LogP contribution in [0.3, 0.4) is 0 Å². The standard InChI is InChI=1S/C24H23N5O3/c1-3-13-27-20-11-7-8-12-21(20)28(24(27)31)15-23(30)32-16-22-19(14-25)17(2)26-29(22)18-9-5-4-6-10-18/h4-12H,3,13,15-16H2,1-2H3. The van der Waals surface area contributed by atoms with Gasteiger partial charge in [-0.3, -0.25) is 13.9 Å². The molecule has 0 fully saturated rings. The van der Waals surface area contributed by atoms with Gasteiger partial charge in [0.15, 0.2) is 0 Å². The van der Waals surface area contributed by atoms with E-state index in [1.807, 2.05) is 61.5 Å². The SMILES string of the molecule is CCCn1c(=O)n(CC(=O)OCc2c(C#N)c(C)nn2-c2ccccc2)c2ccccc21. The van der Waals surface area contributed by atoms with E-state index < -0.39 is 5.97 Å². The van der Waals surface area contributed by atoms with Crippen LogP contribution in [0.25, 0.3) is 16.7 Å². The molecule has 0 bridgehead atoms. The number of carbonyl (C=O) groups excluding carboxylic acids is 1. The minimum atomic E-state index is -0.561. The van der Waals surface area contributed by atoms with Gasteiger partial charge in [-0.15, -0.1) is 0 Å². The number of aromatic nitrogens is 4. The van der Waals surface area contributed by atoms with Crippen molar-refractivity contribution in [1.82, 2.24) is 18.9 Å². The monoisotopic (exact) mass is 429 g/mol. The summed E-state index contributed by atoms with van der Waals surface area (Å²) in [5, 5.41) is 14.0. The largest absolute Gasteiger partial charge is 0.458 e. The summed E-state index contributed by atoms with van der Waals surface area (Å²) in [5.41, 5.74) is 3.42. The molecule has 4 rings (SSSR count). The second kappa shape index (κ2) is 8.94. The first-order chi connectivity index (χ1) is 15.5. The van der Waals surface area contributed by atoms with Crippen LogP contribution in [0, 0.1) is 18.3 Å². The fourth-order valence-electron chi connectivity index (χ4n) is 3.83. The van der Waals surface area contributed by atoms with E-state index in [9.17, 15) is 14.9 Å². The highest BCUT2D eigenvalue weighted by molar-refractivity contribution is 5.78. The first-order valence-electron chi connectivity index (χ1n) is 10.4. The molecule has 0 N–H and O–H groups in total. The molecular weight excluding hydrogens is 406 g/mol. The molecule has 0 unspecified atom stereocenters. The molecule has 8 heteroatoms. The summed E-state index contributed by atoms with van der Waals surface area (Å²) in [6.07, 6.45) is 0.804. The highest BCUT2D eigenvalue weighted by atomic mass is 16.5. The summed E-state index contributed by atoms with van der Waals surface area (Å²) < 4.78 is 10.2. The van der Waals surface area contributed by atoms with Gasteiger partial charge in [-0.25, -0.2) is 9.48 Å². The highest BCUT2D eigenvalue weighted by Crippen LogP contribution is 2.19. The fraction of sp³-hybridized carbons (Fsp3) is 0.250. The lowest BCUT2D eigenvalue weighted by molar-refractivity contribution is -0.145. The Bertz CT molecular complexity index is 1370. The predicted octanol–water partition coefficient (Wildman–Crippen LogP) is 3.32. The van der Waals surface area contributed by atoms with Crippen molar-refractivity contribution in [1.29, 1.82) is 5.26 Å². The molecule has 0 saturated heterocycles. The van der Waals surface area contributed by atoms with Crippen molar-refractivity contribution in [3.63, 3.8) is 0 Å². The van der Waals surface area contributed by atoms with Gasteiger partial charge in [-0.2, -0.15) is 10.4 Å². The number of nitrogens with zero attached hydrogens (tertiary/aromatic N) is 5. The third-order valence-electron chi connectivity index (χ3n) is 5.30. The summed E-state index contributed by atoms with van der Waals surface area (Å²) >= 11 is 0. The fourth-order valence-corrected chi connectivity index (χ4v) is 3.83. The lowest BCUT2D eigenvalue weighted by atomic mass is 10.2. The van der Waals surface area contributed by atoms with E-state index in [2.05, 4.69) is 11.2 Å². The van der Waals surface area contributed by atoms with Crippen LogP contribution >= 0.6 is 0 Å². The van der Waals surface area contributed by atoms with Crippen LogP contribution in [0.4, 0.5) is 0 Å². The topological polar surface area (TPSA) is 94.8 Å². The van der Waals surface area contributed by atoms with E-state index in [0.29, 0.717) is 29.0 Å². The highest BCUT2D eigenvalue weighted by Gasteiger charge is 2.20. The number of carbonyl (C=O) groups is 1. The van der Waals surface area contributed by atoms with E-state index >= 15 is 0 Å². The zero-order valence-corrected chi connectivity index (χ0v) is 18.0. The van der Waals surface area contributed by atoms with E-state index in [4.69, 9.17) is 4.74 Å². The first kappa shape index (κ1) is 21.1. The number of hydrogen-bond acceptors (Lipinski definition) is 5. The molecule has 4 aromatic rings. The number of fused-ring (bicyclic) bond motifs is 1. The Morgan fingerprint density at radius 2 is 1.72 bits per heavy atom. The molecule has 2 aromatic heterocycles. The van der Waals surface area contributed by atoms with Crippen LogP contribution in [-0.2, 0) is 29.2 Å². The van der Waals surface area contributed by atoms with Crippen LogP contribution < -0.4 is 5.69 Å². The molecular formula is C24H23N5O3. The Morgan fingerprint density at radius 1 is 1.06 bits per heavy atom. The lowest BCUT2D eigenvalue weighted by Crippen LogP contribution is -2.28. The van der Waals surface area contributed by atoms with Gasteiger partial charge in [0.05, 0.1) is 28.1 Å². The minimum absolute atomic E-state index is 0.125. The molecule has 2 heterocycles. The second-order valence-electron chi connectivity index (χ2n) is 7.44. The molecule has 0 atom stereocenters. The zero-order valence-electron chi connectivity index (χ0n) is 18.0. The minimum Gasteiger partial charge on any atom is -0.458 e. The summed E-state index contributed by atoms with van der Waals surface area (Å²) in [5.74, 6) is -0.561. The molecule has 32 heavy (non-hydrogen) atoms. The number of ether oxygens (including phenoxy) is 1. The van der Waals surface area contributed by atoms with Crippen molar-refractivity contribution in [2.24, 2.45) is 0 Å². The number of nitriles is 1. The van der Waals surface area contributed by atoms with Gasteiger partial charge in [0.25, 0.3) is 0 Å². The third kappa shape index (κ3) is 3.81. The number of para-hydroxylation sites is 3. The van der Waals surface area contributed by atoms with Crippen LogP contribution in [0.1, 0.15) is 30.3 Å². The van der Waals surface area contributed by atoms with Crippen molar-refractivity contribution >= 4 is 17.0 Å². The number of aryl methyl sites for hydroxylation is 2. The Labute approximate surface area is 184 Å². The van der Waals surface area contributed by atoms with Gasteiger partial charge < -0.3 is 4.74 Å². The second-order valence-corrected chi connectivity index (χ2v) is 7.44. The normalized spacial score (nSPS) is 10.9.